The Morgan fingerprint density at radius 2 is 1.57 bits per heavy atom. The Kier molecular flexibility index (Phi) is 7.46. The van der Waals surface area contributed by atoms with E-state index in [1.807, 2.05) is 30.3 Å². The Labute approximate surface area is 125 Å². The van der Waals surface area contributed by atoms with Crippen molar-refractivity contribution in [3.63, 3.8) is 0 Å². The zero-order valence-corrected chi connectivity index (χ0v) is 12.6. The van der Waals surface area contributed by atoms with E-state index in [1.165, 1.54) is 0 Å². The van der Waals surface area contributed by atoms with Gasteiger partial charge >= 0.3 is 11.9 Å². The third kappa shape index (κ3) is 4.86. The molecule has 0 fully saturated rings. The van der Waals surface area contributed by atoms with Gasteiger partial charge in [-0.3, -0.25) is 9.59 Å². The van der Waals surface area contributed by atoms with Crippen molar-refractivity contribution in [3.05, 3.63) is 35.9 Å². The molecule has 1 aromatic rings. The topological polar surface area (TPSA) is 78.6 Å². The SMILES string of the molecule is CCOC(=O)C(C(=O)OCC)C(CCN)c1ccccc1. The van der Waals surface area contributed by atoms with E-state index >= 15 is 0 Å². The number of carbonyl (C=O) groups excluding carboxylic acids is 2. The number of rotatable bonds is 8. The average Bonchev–Trinajstić information content (AvgIpc) is 2.48. The van der Waals surface area contributed by atoms with Crippen molar-refractivity contribution in [2.45, 2.75) is 26.2 Å². The lowest BCUT2D eigenvalue weighted by atomic mass is 9.83. The lowest BCUT2D eigenvalue weighted by Gasteiger charge is -2.24. The van der Waals surface area contributed by atoms with Crippen LogP contribution in [0, 0.1) is 5.92 Å². The second kappa shape index (κ2) is 9.13. The normalized spacial score (nSPS) is 12.0. The third-order valence-electron chi connectivity index (χ3n) is 3.19. The van der Waals surface area contributed by atoms with Crippen molar-refractivity contribution in [1.82, 2.24) is 0 Å². The van der Waals surface area contributed by atoms with Crippen molar-refractivity contribution in [2.75, 3.05) is 19.8 Å². The zero-order chi connectivity index (χ0) is 15.7. The molecule has 1 aromatic carbocycles. The highest BCUT2D eigenvalue weighted by Gasteiger charge is 2.37. The predicted molar refractivity (Wildman–Crippen MR) is 79.6 cm³/mol. The van der Waals surface area contributed by atoms with E-state index in [9.17, 15) is 9.59 Å². The maximum absolute atomic E-state index is 12.2. The molecule has 0 spiro atoms. The number of carbonyl (C=O) groups is 2. The molecule has 2 N–H and O–H groups in total. The van der Waals surface area contributed by atoms with Gasteiger partial charge in [-0.2, -0.15) is 0 Å². The van der Waals surface area contributed by atoms with Gasteiger partial charge in [0.25, 0.3) is 0 Å². The van der Waals surface area contributed by atoms with Crippen molar-refractivity contribution < 1.29 is 19.1 Å². The average molecular weight is 293 g/mol. The zero-order valence-electron chi connectivity index (χ0n) is 12.6. The summed E-state index contributed by atoms with van der Waals surface area (Å²) in [6.07, 6.45) is 0.506. The maximum atomic E-state index is 12.2. The highest BCUT2D eigenvalue weighted by Crippen LogP contribution is 2.30. The van der Waals surface area contributed by atoms with Crippen LogP contribution in [-0.4, -0.2) is 31.7 Å². The summed E-state index contributed by atoms with van der Waals surface area (Å²) in [7, 11) is 0. The predicted octanol–water partition coefficient (Wildman–Crippen LogP) is 1.86. The summed E-state index contributed by atoms with van der Waals surface area (Å²) in [5, 5.41) is 0. The van der Waals surface area contributed by atoms with Gasteiger partial charge in [0.2, 0.25) is 0 Å². The fourth-order valence-corrected chi connectivity index (χ4v) is 2.29. The first-order valence-electron chi connectivity index (χ1n) is 7.23. The molecule has 1 unspecified atom stereocenters. The quantitative estimate of drug-likeness (QED) is 0.584. The number of hydrogen-bond acceptors (Lipinski definition) is 5. The van der Waals surface area contributed by atoms with Crippen LogP contribution in [0.4, 0.5) is 0 Å². The van der Waals surface area contributed by atoms with Gasteiger partial charge < -0.3 is 15.2 Å². The van der Waals surface area contributed by atoms with E-state index in [-0.39, 0.29) is 19.1 Å². The molecule has 5 heteroatoms. The molecule has 1 atom stereocenters. The first kappa shape index (κ1) is 17.2. The van der Waals surface area contributed by atoms with Gasteiger partial charge in [-0.1, -0.05) is 30.3 Å². The van der Waals surface area contributed by atoms with Crippen LogP contribution < -0.4 is 5.73 Å². The van der Waals surface area contributed by atoms with Crippen LogP contribution in [0.5, 0.6) is 0 Å². The second-order valence-corrected chi connectivity index (χ2v) is 4.58. The molecule has 21 heavy (non-hydrogen) atoms. The molecule has 0 radical (unpaired) electrons. The monoisotopic (exact) mass is 293 g/mol. The molecule has 0 aliphatic heterocycles. The molecule has 116 valence electrons. The lowest BCUT2D eigenvalue weighted by Crippen LogP contribution is -2.34. The first-order valence-corrected chi connectivity index (χ1v) is 7.23. The van der Waals surface area contributed by atoms with E-state index in [4.69, 9.17) is 15.2 Å². The minimum Gasteiger partial charge on any atom is -0.465 e. The van der Waals surface area contributed by atoms with Crippen LogP contribution in [0.2, 0.25) is 0 Å². The van der Waals surface area contributed by atoms with Crippen LogP contribution in [0.15, 0.2) is 30.3 Å². The molecule has 0 heterocycles. The van der Waals surface area contributed by atoms with Crippen molar-refractivity contribution >= 4 is 11.9 Å². The van der Waals surface area contributed by atoms with E-state index in [0.717, 1.165) is 5.56 Å². The summed E-state index contributed by atoms with van der Waals surface area (Å²) in [6, 6.07) is 9.38. The van der Waals surface area contributed by atoms with Gasteiger partial charge in [0.05, 0.1) is 13.2 Å². The summed E-state index contributed by atoms with van der Waals surface area (Å²) in [6.45, 7) is 4.23. The third-order valence-corrected chi connectivity index (χ3v) is 3.19. The number of nitrogens with two attached hydrogens (primary N) is 1. The van der Waals surface area contributed by atoms with Gasteiger partial charge in [-0.05, 0) is 32.4 Å². The molecule has 0 saturated heterocycles. The number of ether oxygens (including phenoxy) is 2. The van der Waals surface area contributed by atoms with Gasteiger partial charge in [0.15, 0.2) is 5.92 Å². The molecular weight excluding hydrogens is 270 g/mol. The smallest absolute Gasteiger partial charge is 0.320 e. The maximum Gasteiger partial charge on any atom is 0.320 e. The summed E-state index contributed by atoms with van der Waals surface area (Å²) in [4.78, 5) is 24.4. The lowest BCUT2D eigenvalue weighted by molar-refractivity contribution is -0.162. The summed E-state index contributed by atoms with van der Waals surface area (Å²) < 4.78 is 10.1. The Morgan fingerprint density at radius 1 is 1.05 bits per heavy atom. The summed E-state index contributed by atoms with van der Waals surface area (Å²) >= 11 is 0. The minimum atomic E-state index is -0.976. The highest BCUT2D eigenvalue weighted by molar-refractivity contribution is 5.96. The molecular formula is C16H23NO4. The highest BCUT2D eigenvalue weighted by atomic mass is 16.6. The van der Waals surface area contributed by atoms with Crippen LogP contribution >= 0.6 is 0 Å². The van der Waals surface area contributed by atoms with Crippen LogP contribution in [-0.2, 0) is 19.1 Å². The van der Waals surface area contributed by atoms with Crippen LogP contribution in [0.3, 0.4) is 0 Å². The van der Waals surface area contributed by atoms with Gasteiger partial charge in [0, 0.05) is 5.92 Å². The number of benzene rings is 1. The molecule has 0 aliphatic rings. The number of hydrogen-bond donors (Lipinski definition) is 1. The molecule has 1 rings (SSSR count). The van der Waals surface area contributed by atoms with Crippen LogP contribution in [0.25, 0.3) is 0 Å². The van der Waals surface area contributed by atoms with E-state index in [1.54, 1.807) is 13.8 Å². The Hall–Kier alpha value is -1.88. The van der Waals surface area contributed by atoms with Crippen LogP contribution in [0.1, 0.15) is 31.7 Å². The molecule has 0 aliphatic carbocycles. The number of esters is 2. The van der Waals surface area contributed by atoms with Gasteiger partial charge in [0.1, 0.15) is 0 Å². The summed E-state index contributed by atoms with van der Waals surface area (Å²) in [5.41, 5.74) is 6.53. The Morgan fingerprint density at radius 3 is 2.00 bits per heavy atom. The standard InChI is InChI=1S/C16H23NO4/c1-3-20-15(18)14(16(19)21-4-2)13(10-11-17)12-8-6-5-7-9-12/h5-9,13-14H,3-4,10-11,17H2,1-2H3. The summed E-state index contributed by atoms with van der Waals surface area (Å²) in [5.74, 6) is -2.43. The van der Waals surface area contributed by atoms with Gasteiger partial charge in [-0.15, -0.1) is 0 Å². The van der Waals surface area contributed by atoms with Crippen molar-refractivity contribution in [2.24, 2.45) is 11.7 Å². The molecule has 0 amide bonds. The largest absolute Gasteiger partial charge is 0.465 e. The Balaban J connectivity index is 3.11. The minimum absolute atomic E-state index is 0.221. The first-order chi connectivity index (χ1) is 10.2. The van der Waals surface area contributed by atoms with Crippen molar-refractivity contribution in [3.8, 4) is 0 Å². The fourth-order valence-electron chi connectivity index (χ4n) is 2.29. The fraction of sp³-hybridized carbons (Fsp3) is 0.500. The molecule has 5 nitrogen and oxygen atoms in total. The Bertz CT molecular complexity index is 429. The molecule has 0 saturated carbocycles. The van der Waals surface area contributed by atoms with E-state index in [0.29, 0.717) is 13.0 Å². The van der Waals surface area contributed by atoms with Crippen molar-refractivity contribution in [1.29, 1.82) is 0 Å². The molecule has 0 aromatic heterocycles. The van der Waals surface area contributed by atoms with E-state index in [2.05, 4.69) is 0 Å². The van der Waals surface area contributed by atoms with Gasteiger partial charge in [-0.25, -0.2) is 0 Å². The molecule has 0 bridgehead atoms. The van der Waals surface area contributed by atoms with E-state index < -0.39 is 17.9 Å². The second-order valence-electron chi connectivity index (χ2n) is 4.58.